The van der Waals surface area contributed by atoms with Crippen molar-refractivity contribution in [3.63, 3.8) is 0 Å². The Morgan fingerprint density at radius 2 is 1.53 bits per heavy atom. The molecule has 0 aromatic heterocycles. The standard InChI is InChI=1S/C43H53N3O7/c1-7-44(2)24-32(48)26-51-42-40(50-6)22-30-15-17-46(4)36-19-28-10-13-37(49-5)39(20-28)52-33-11-8-27(9-12-33)18-35-34-23-38(53-43(42)41(30)36)31(25-47)21-29(34)14-16-45(35)3/h8-13,20-23,32,35-36,47-48H,7,14-19,24-26H2,1-6H3/t32?,35-,36-/m0/s1. The van der Waals surface area contributed by atoms with Crippen LogP contribution in [0.3, 0.4) is 0 Å². The first-order valence-corrected chi connectivity index (χ1v) is 18.7. The molecule has 0 amide bonds. The minimum absolute atomic E-state index is 0.0535. The van der Waals surface area contributed by atoms with Crippen LogP contribution in [0.1, 0.15) is 58.0 Å². The molecule has 0 fully saturated rings. The van der Waals surface area contributed by atoms with Gasteiger partial charge in [0.05, 0.1) is 20.8 Å². The molecule has 4 heterocycles. The third-order valence-electron chi connectivity index (χ3n) is 11.2. The van der Waals surface area contributed by atoms with Crippen LogP contribution in [0.5, 0.6) is 40.2 Å². The van der Waals surface area contributed by atoms with Gasteiger partial charge in [0.1, 0.15) is 24.2 Å². The minimum atomic E-state index is -0.731. The predicted molar refractivity (Wildman–Crippen MR) is 205 cm³/mol. The minimum Gasteiger partial charge on any atom is -0.493 e. The van der Waals surface area contributed by atoms with E-state index in [2.05, 4.69) is 78.2 Å². The van der Waals surface area contributed by atoms with Gasteiger partial charge in [-0.1, -0.05) is 25.1 Å². The summed E-state index contributed by atoms with van der Waals surface area (Å²) in [6, 6.07) is 20.7. The van der Waals surface area contributed by atoms with Crippen molar-refractivity contribution in [1.29, 1.82) is 0 Å². The Kier molecular flexibility index (Phi) is 11.1. The second-order valence-corrected chi connectivity index (χ2v) is 14.7. The molecule has 0 aliphatic carbocycles. The lowest BCUT2D eigenvalue weighted by molar-refractivity contribution is 0.0754. The summed E-state index contributed by atoms with van der Waals surface area (Å²) in [4.78, 5) is 6.79. The molecule has 4 aliphatic rings. The average Bonchev–Trinajstić information content (AvgIpc) is 3.16. The van der Waals surface area contributed by atoms with E-state index in [0.29, 0.717) is 47.5 Å². The van der Waals surface area contributed by atoms with E-state index in [9.17, 15) is 10.2 Å². The Bertz CT molecular complexity index is 1920. The van der Waals surface area contributed by atoms with Gasteiger partial charge in [-0.25, -0.2) is 0 Å². The van der Waals surface area contributed by atoms with Gasteiger partial charge in [0.2, 0.25) is 5.75 Å². The first-order chi connectivity index (χ1) is 25.7. The van der Waals surface area contributed by atoms with Crippen LogP contribution in [0.15, 0.2) is 60.7 Å². The fourth-order valence-electron chi connectivity index (χ4n) is 7.99. The van der Waals surface area contributed by atoms with Gasteiger partial charge in [0, 0.05) is 42.8 Å². The van der Waals surface area contributed by atoms with Crippen LogP contribution in [0, 0.1) is 0 Å². The maximum atomic E-state index is 11.0. The summed E-state index contributed by atoms with van der Waals surface area (Å²) in [7, 11) is 9.58. The van der Waals surface area contributed by atoms with E-state index in [-0.39, 0.29) is 25.3 Å². The Balaban J connectivity index is 1.44. The Morgan fingerprint density at radius 1 is 0.830 bits per heavy atom. The van der Waals surface area contributed by atoms with E-state index in [1.807, 2.05) is 25.2 Å². The molecule has 3 atom stereocenters. The molecule has 10 heteroatoms. The van der Waals surface area contributed by atoms with Gasteiger partial charge in [-0.05, 0) is 124 Å². The topological polar surface area (TPSA) is 96.3 Å². The lowest BCUT2D eigenvalue weighted by Crippen LogP contribution is -2.35. The molecule has 8 rings (SSSR count). The van der Waals surface area contributed by atoms with Crippen molar-refractivity contribution < 1.29 is 33.9 Å². The zero-order valence-corrected chi connectivity index (χ0v) is 31.9. The van der Waals surface area contributed by atoms with Crippen molar-refractivity contribution >= 4 is 0 Å². The molecule has 6 bridgehead atoms. The van der Waals surface area contributed by atoms with Gasteiger partial charge in [-0.2, -0.15) is 0 Å². The number of methoxy groups -OCH3 is 2. The zero-order chi connectivity index (χ0) is 37.2. The van der Waals surface area contributed by atoms with Crippen molar-refractivity contribution in [1.82, 2.24) is 14.7 Å². The first-order valence-electron chi connectivity index (χ1n) is 18.7. The predicted octanol–water partition coefficient (Wildman–Crippen LogP) is 6.33. The van der Waals surface area contributed by atoms with E-state index in [1.165, 1.54) is 16.7 Å². The highest BCUT2D eigenvalue weighted by Gasteiger charge is 2.35. The summed E-state index contributed by atoms with van der Waals surface area (Å²) in [6.07, 6.45) is 2.38. The molecule has 53 heavy (non-hydrogen) atoms. The second-order valence-electron chi connectivity index (χ2n) is 14.7. The maximum absolute atomic E-state index is 11.0. The highest BCUT2D eigenvalue weighted by Crippen LogP contribution is 2.51. The number of rotatable bonds is 9. The normalized spacial score (nSPS) is 19.0. The molecule has 0 saturated heterocycles. The Morgan fingerprint density at radius 3 is 2.25 bits per heavy atom. The van der Waals surface area contributed by atoms with E-state index in [0.717, 1.165) is 66.9 Å². The zero-order valence-electron chi connectivity index (χ0n) is 31.9. The van der Waals surface area contributed by atoms with E-state index < -0.39 is 6.10 Å². The van der Waals surface area contributed by atoms with E-state index >= 15 is 0 Å². The van der Waals surface area contributed by atoms with Gasteiger partial charge in [0.15, 0.2) is 23.0 Å². The Labute approximate surface area is 313 Å². The van der Waals surface area contributed by atoms with Crippen LogP contribution < -0.4 is 23.7 Å². The number of aliphatic hydroxyl groups excluding tert-OH is 2. The number of likely N-dealkylation sites (N-methyl/N-ethyl adjacent to an activating group) is 3. The van der Waals surface area contributed by atoms with Crippen LogP contribution in [-0.4, -0.2) is 99.2 Å². The molecular weight excluding hydrogens is 670 g/mol. The molecule has 0 spiro atoms. The molecule has 0 radical (unpaired) electrons. The van der Waals surface area contributed by atoms with Crippen LogP contribution in [0.4, 0.5) is 0 Å². The number of aliphatic hydroxyl groups is 2. The molecule has 4 aromatic rings. The van der Waals surface area contributed by atoms with Crippen molar-refractivity contribution in [2.24, 2.45) is 0 Å². The molecule has 2 N–H and O–H groups in total. The van der Waals surface area contributed by atoms with Crippen LogP contribution in [0.25, 0.3) is 0 Å². The number of benzene rings is 4. The van der Waals surface area contributed by atoms with Crippen molar-refractivity contribution in [2.75, 3.05) is 68.1 Å². The molecular formula is C43H53N3O7. The molecule has 282 valence electrons. The lowest BCUT2D eigenvalue weighted by atomic mass is 9.86. The number of hydrogen-bond donors (Lipinski definition) is 2. The lowest BCUT2D eigenvalue weighted by Gasteiger charge is -2.38. The van der Waals surface area contributed by atoms with Crippen molar-refractivity contribution in [3.8, 4) is 40.2 Å². The van der Waals surface area contributed by atoms with Gasteiger partial charge >= 0.3 is 0 Å². The molecule has 4 aliphatic heterocycles. The van der Waals surface area contributed by atoms with Crippen molar-refractivity contribution in [2.45, 2.75) is 57.4 Å². The van der Waals surface area contributed by atoms with Crippen LogP contribution in [-0.2, 0) is 32.3 Å². The molecule has 4 aromatic carbocycles. The summed E-state index contributed by atoms with van der Waals surface area (Å²) in [5, 5.41) is 21.8. The summed E-state index contributed by atoms with van der Waals surface area (Å²) in [5.74, 6) is 4.17. The quantitative estimate of drug-likeness (QED) is 0.204. The molecule has 10 nitrogen and oxygen atoms in total. The van der Waals surface area contributed by atoms with E-state index in [4.69, 9.17) is 23.7 Å². The number of fused-ring (bicyclic) bond motifs is 2. The molecule has 0 saturated carbocycles. The number of hydrogen-bond acceptors (Lipinski definition) is 10. The SMILES string of the molecule is CCN(C)CC(O)COc1c(OC)cc2c3c1Oc1cc4c(cc1CO)CCN(C)[C@H]4Cc1ccc(cc1)Oc1cc(ccc1OC)C[C@@H]3N(C)CC2. The number of ether oxygens (including phenoxy) is 5. The van der Waals surface area contributed by atoms with Gasteiger partial charge in [0.25, 0.3) is 0 Å². The van der Waals surface area contributed by atoms with E-state index in [1.54, 1.807) is 14.2 Å². The van der Waals surface area contributed by atoms with Crippen molar-refractivity contribution in [3.05, 3.63) is 99.6 Å². The highest BCUT2D eigenvalue weighted by atomic mass is 16.5. The smallest absolute Gasteiger partial charge is 0.204 e. The Hall–Kier alpha value is -4.32. The first kappa shape index (κ1) is 37.0. The van der Waals surface area contributed by atoms with Gasteiger partial charge in [-0.15, -0.1) is 0 Å². The van der Waals surface area contributed by atoms with Crippen LogP contribution >= 0.6 is 0 Å². The third kappa shape index (κ3) is 7.70. The summed E-state index contributed by atoms with van der Waals surface area (Å²) < 4.78 is 31.9. The third-order valence-corrected chi connectivity index (χ3v) is 11.2. The average molecular weight is 724 g/mol. The largest absolute Gasteiger partial charge is 0.493 e. The maximum Gasteiger partial charge on any atom is 0.204 e. The van der Waals surface area contributed by atoms with Gasteiger partial charge < -0.3 is 38.8 Å². The fraction of sp³-hybridized carbons (Fsp3) is 0.442. The number of nitrogens with zero attached hydrogens (tertiary/aromatic N) is 3. The summed E-state index contributed by atoms with van der Waals surface area (Å²) >= 11 is 0. The highest BCUT2D eigenvalue weighted by molar-refractivity contribution is 5.63. The second kappa shape index (κ2) is 16.0. The van der Waals surface area contributed by atoms with Crippen LogP contribution in [0.2, 0.25) is 0 Å². The summed E-state index contributed by atoms with van der Waals surface area (Å²) in [6.45, 7) is 4.95. The molecule has 1 unspecified atom stereocenters. The summed E-state index contributed by atoms with van der Waals surface area (Å²) in [5.41, 5.74) is 7.48. The monoisotopic (exact) mass is 723 g/mol. The fourth-order valence-corrected chi connectivity index (χ4v) is 7.99. The van der Waals surface area contributed by atoms with Gasteiger partial charge in [-0.3, -0.25) is 9.80 Å².